The Morgan fingerprint density at radius 2 is 2.00 bits per heavy atom. The van der Waals surface area contributed by atoms with Gasteiger partial charge in [-0.2, -0.15) is 0 Å². The molecule has 1 fully saturated rings. The van der Waals surface area contributed by atoms with Gasteiger partial charge in [0, 0.05) is 37.9 Å². The van der Waals surface area contributed by atoms with Crippen LogP contribution in [0.3, 0.4) is 0 Å². The number of amides is 1. The zero-order valence-corrected chi connectivity index (χ0v) is 16.4. The minimum Gasteiger partial charge on any atom is -0.336 e. The van der Waals surface area contributed by atoms with Crippen LogP contribution in [-0.2, 0) is 16.6 Å². The Kier molecular flexibility index (Phi) is 5.56. The zero-order valence-electron chi connectivity index (χ0n) is 15.6. The number of aryl methyl sites for hydroxylation is 1. The van der Waals surface area contributed by atoms with Gasteiger partial charge in [-0.1, -0.05) is 10.3 Å². The molecule has 1 amide bonds. The molecule has 0 atom stereocenters. The summed E-state index contributed by atoms with van der Waals surface area (Å²) in [6.07, 6.45) is 4.27. The highest BCUT2D eigenvalue weighted by atomic mass is 32.2. The molecule has 9 nitrogen and oxygen atoms in total. The molecule has 27 heavy (non-hydrogen) atoms. The third kappa shape index (κ3) is 4.51. The molecule has 0 unspecified atom stereocenters. The van der Waals surface area contributed by atoms with Gasteiger partial charge in [-0.25, -0.2) is 17.4 Å². The predicted octanol–water partition coefficient (Wildman–Crippen LogP) is 1.18. The van der Waals surface area contributed by atoms with Crippen LogP contribution < -0.4 is 0 Å². The summed E-state index contributed by atoms with van der Waals surface area (Å²) in [5, 5.41) is 7.50. The van der Waals surface area contributed by atoms with Crippen LogP contribution in [-0.4, -0.2) is 65.2 Å². The average Bonchev–Trinajstić information content (AvgIpc) is 3.05. The molecular formula is C17H23N5O4S. The van der Waals surface area contributed by atoms with E-state index in [9.17, 15) is 13.2 Å². The van der Waals surface area contributed by atoms with Crippen molar-refractivity contribution in [3.05, 3.63) is 41.0 Å². The topological polar surface area (TPSA) is 110 Å². The summed E-state index contributed by atoms with van der Waals surface area (Å²) in [6.45, 7) is 3.08. The number of sulfonamides is 1. The number of pyridine rings is 1. The maximum Gasteiger partial charge on any atom is 0.255 e. The molecule has 3 heterocycles. The first kappa shape index (κ1) is 19.4. The lowest BCUT2D eigenvalue weighted by atomic mass is 9.94. The second-order valence-corrected chi connectivity index (χ2v) is 8.85. The minimum atomic E-state index is -3.14. The van der Waals surface area contributed by atoms with Gasteiger partial charge in [0.05, 0.1) is 18.4 Å². The van der Waals surface area contributed by atoms with Crippen LogP contribution in [0.15, 0.2) is 23.0 Å². The van der Waals surface area contributed by atoms with E-state index in [2.05, 4.69) is 19.9 Å². The van der Waals surface area contributed by atoms with Crippen molar-refractivity contribution in [1.29, 1.82) is 0 Å². The first-order chi connectivity index (χ1) is 12.8. The van der Waals surface area contributed by atoms with E-state index >= 15 is 0 Å². The molecule has 0 bridgehead atoms. The fourth-order valence-corrected chi connectivity index (χ4v) is 4.04. The van der Waals surface area contributed by atoms with Crippen molar-refractivity contribution in [3.8, 4) is 0 Å². The molecular weight excluding hydrogens is 370 g/mol. The summed E-state index contributed by atoms with van der Waals surface area (Å²) in [5.41, 5.74) is 2.65. The first-order valence-corrected chi connectivity index (χ1v) is 10.5. The summed E-state index contributed by atoms with van der Waals surface area (Å²) in [6, 6.07) is 3.61. The molecule has 1 aliphatic rings. The number of hydrogen-bond acceptors (Lipinski definition) is 7. The average molecular weight is 393 g/mol. The van der Waals surface area contributed by atoms with Crippen LogP contribution in [0, 0.1) is 6.92 Å². The van der Waals surface area contributed by atoms with E-state index in [0.717, 1.165) is 18.5 Å². The molecule has 0 saturated carbocycles. The molecule has 1 saturated heterocycles. The number of rotatable bonds is 5. The summed E-state index contributed by atoms with van der Waals surface area (Å²) in [4.78, 5) is 18.5. The van der Waals surface area contributed by atoms with E-state index in [4.69, 9.17) is 0 Å². The van der Waals surface area contributed by atoms with Crippen molar-refractivity contribution in [3.63, 3.8) is 0 Å². The fraction of sp³-hybridized carbons (Fsp3) is 0.529. The van der Waals surface area contributed by atoms with E-state index < -0.39 is 10.0 Å². The number of carbonyl (C=O) groups is 1. The molecule has 0 radical (unpaired) electrons. The van der Waals surface area contributed by atoms with Crippen molar-refractivity contribution in [2.45, 2.75) is 32.2 Å². The van der Waals surface area contributed by atoms with E-state index in [0.29, 0.717) is 36.6 Å². The second kappa shape index (κ2) is 7.73. The van der Waals surface area contributed by atoms with Crippen LogP contribution in [0.2, 0.25) is 0 Å². The number of carbonyl (C=O) groups excluding carboxylic acids is 1. The molecule has 0 aliphatic carbocycles. The molecule has 2 aromatic heterocycles. The van der Waals surface area contributed by atoms with Crippen molar-refractivity contribution in [1.82, 2.24) is 24.5 Å². The van der Waals surface area contributed by atoms with E-state index in [-0.39, 0.29) is 11.8 Å². The van der Waals surface area contributed by atoms with Gasteiger partial charge in [-0.15, -0.1) is 0 Å². The second-order valence-electron chi connectivity index (χ2n) is 6.87. The van der Waals surface area contributed by atoms with Crippen LogP contribution in [0.4, 0.5) is 0 Å². The highest BCUT2D eigenvalue weighted by Crippen LogP contribution is 2.27. The molecule has 2 aromatic rings. The Balaban J connectivity index is 1.62. The lowest BCUT2D eigenvalue weighted by Crippen LogP contribution is -2.37. The van der Waals surface area contributed by atoms with Crippen molar-refractivity contribution < 1.29 is 17.8 Å². The van der Waals surface area contributed by atoms with Crippen LogP contribution in [0.1, 0.15) is 46.2 Å². The lowest BCUT2D eigenvalue weighted by Gasteiger charge is -2.29. The van der Waals surface area contributed by atoms with Gasteiger partial charge in [-0.05, 0) is 31.9 Å². The van der Waals surface area contributed by atoms with Crippen LogP contribution >= 0.6 is 0 Å². The Morgan fingerprint density at radius 3 is 2.52 bits per heavy atom. The van der Waals surface area contributed by atoms with Gasteiger partial charge >= 0.3 is 0 Å². The Bertz CT molecular complexity index is 902. The molecule has 10 heteroatoms. The highest BCUT2D eigenvalue weighted by molar-refractivity contribution is 7.88. The number of piperidine rings is 1. The first-order valence-electron chi connectivity index (χ1n) is 8.70. The van der Waals surface area contributed by atoms with Crippen molar-refractivity contribution >= 4 is 15.9 Å². The van der Waals surface area contributed by atoms with Crippen LogP contribution in [0.25, 0.3) is 0 Å². The smallest absolute Gasteiger partial charge is 0.255 e. The number of nitrogens with zero attached hydrogens (tertiary/aromatic N) is 5. The number of hydrogen-bond donors (Lipinski definition) is 0. The third-order valence-electron chi connectivity index (χ3n) is 4.85. The quantitative estimate of drug-likeness (QED) is 0.750. The lowest BCUT2D eigenvalue weighted by molar-refractivity contribution is 0.0781. The van der Waals surface area contributed by atoms with Gasteiger partial charge in [0.2, 0.25) is 10.0 Å². The van der Waals surface area contributed by atoms with Gasteiger partial charge in [0.25, 0.3) is 5.91 Å². The molecule has 3 rings (SSSR count). The SMILES string of the molecule is Cc1nonc1CN(C)C(=O)c1ccc(C2CCN(S(C)(=O)=O)CC2)nc1. The Labute approximate surface area is 158 Å². The maximum absolute atomic E-state index is 12.6. The predicted molar refractivity (Wildman–Crippen MR) is 97.5 cm³/mol. The zero-order chi connectivity index (χ0) is 19.6. The van der Waals surface area contributed by atoms with Crippen molar-refractivity contribution in [2.24, 2.45) is 0 Å². The van der Waals surface area contributed by atoms with Gasteiger partial charge < -0.3 is 4.90 Å². The minimum absolute atomic E-state index is 0.164. The van der Waals surface area contributed by atoms with E-state index in [1.807, 2.05) is 6.07 Å². The summed E-state index contributed by atoms with van der Waals surface area (Å²) in [7, 11) is -1.45. The standard InChI is InChI=1S/C17H23N5O4S/c1-12-16(20-26-19-12)11-21(2)17(23)14-4-5-15(18-10-14)13-6-8-22(9-7-13)27(3,24)25/h4-5,10,13H,6-9,11H2,1-3H3. The van der Waals surface area contributed by atoms with E-state index in [1.165, 1.54) is 15.5 Å². The fourth-order valence-electron chi connectivity index (χ4n) is 3.17. The van der Waals surface area contributed by atoms with Gasteiger partial charge in [-0.3, -0.25) is 9.78 Å². The molecule has 146 valence electrons. The number of aromatic nitrogens is 3. The molecule has 1 aliphatic heterocycles. The van der Waals surface area contributed by atoms with E-state index in [1.54, 1.807) is 26.2 Å². The Morgan fingerprint density at radius 1 is 1.30 bits per heavy atom. The molecule has 0 N–H and O–H groups in total. The highest BCUT2D eigenvalue weighted by Gasteiger charge is 2.26. The summed E-state index contributed by atoms with van der Waals surface area (Å²) < 4.78 is 29.4. The Hall–Kier alpha value is -2.33. The monoisotopic (exact) mass is 393 g/mol. The van der Waals surface area contributed by atoms with Crippen LogP contribution in [0.5, 0.6) is 0 Å². The largest absolute Gasteiger partial charge is 0.336 e. The van der Waals surface area contributed by atoms with Gasteiger partial charge in [0.1, 0.15) is 11.4 Å². The normalized spacial score (nSPS) is 16.4. The van der Waals surface area contributed by atoms with Gasteiger partial charge in [0.15, 0.2) is 0 Å². The summed E-state index contributed by atoms with van der Waals surface area (Å²) >= 11 is 0. The third-order valence-corrected chi connectivity index (χ3v) is 6.16. The molecule has 0 aromatic carbocycles. The van der Waals surface area contributed by atoms with Crippen molar-refractivity contribution in [2.75, 3.05) is 26.4 Å². The maximum atomic E-state index is 12.6. The summed E-state index contributed by atoms with van der Waals surface area (Å²) in [5.74, 6) is 0.0390. The molecule has 0 spiro atoms.